The summed E-state index contributed by atoms with van der Waals surface area (Å²) < 4.78 is 0. The van der Waals surface area contributed by atoms with Crippen molar-refractivity contribution in [3.8, 4) is 91.7 Å². The summed E-state index contributed by atoms with van der Waals surface area (Å²) in [5.74, 6) is 26.6. The predicted octanol–water partition coefficient (Wildman–Crippen LogP) is 9.42. The van der Waals surface area contributed by atoms with E-state index >= 15 is 0 Å². The van der Waals surface area contributed by atoms with Crippen LogP contribution in [0.25, 0.3) is 0 Å². The summed E-state index contributed by atoms with van der Waals surface area (Å²) in [4.78, 5) is 0. The minimum atomic E-state index is -2.35. The Morgan fingerprint density at radius 2 is 0.295 bits per heavy atom. The minimum Gasteiger partial charge on any atom is -0.101 e. The second kappa shape index (κ2) is 16.6. The van der Waals surface area contributed by atoms with E-state index in [0.717, 1.165) is 0 Å². The molecule has 1 rings (SSSR count). The first kappa shape index (κ1) is 39.4. The Kier molecular flexibility index (Phi) is 14.9. The number of hydrogen-bond donors (Lipinski definition) is 0. The molecule has 4 heteroatoms. The summed E-state index contributed by atoms with van der Waals surface area (Å²) in [6.07, 6.45) is 0. The van der Waals surface area contributed by atoms with Gasteiger partial charge in [-0.2, -0.15) is 0 Å². The van der Waals surface area contributed by atoms with E-state index in [9.17, 15) is 0 Å². The van der Waals surface area contributed by atoms with Gasteiger partial charge in [0.2, 0.25) is 32.3 Å². The summed E-state index contributed by atoms with van der Waals surface area (Å²) in [5, 5.41) is 0. The van der Waals surface area contributed by atoms with E-state index in [1.54, 1.807) is 0 Å². The molecule has 1 heterocycles. The van der Waals surface area contributed by atoms with Crippen LogP contribution in [-0.2, 0) is 0 Å². The van der Waals surface area contributed by atoms with Gasteiger partial charge in [0.05, 0.1) is 0 Å². The van der Waals surface area contributed by atoms with Gasteiger partial charge in [-0.3, -0.25) is 0 Å². The fraction of sp³-hybridized carbons (Fsp3) is 0.600. The van der Waals surface area contributed by atoms with Crippen molar-refractivity contribution in [3.05, 3.63) is 0 Å². The maximum absolute atomic E-state index is 3.66. The Labute approximate surface area is 277 Å². The minimum absolute atomic E-state index is 0.356. The van der Waals surface area contributed by atoms with Crippen molar-refractivity contribution in [2.75, 3.05) is 0 Å². The molecule has 0 saturated heterocycles. The van der Waals surface area contributed by atoms with Gasteiger partial charge in [-0.15, -0.1) is 44.3 Å². The molecule has 0 aromatic carbocycles. The van der Waals surface area contributed by atoms with Gasteiger partial charge in [-0.05, 0) is 91.7 Å². The van der Waals surface area contributed by atoms with Crippen molar-refractivity contribution in [2.45, 2.75) is 155 Å². The standard InChI is InChI=1S/C40H56Si4/c1-33(2)41(34(3)4)25-17-19-27-42(35(5)6,36(7)8)29-21-23-31-44(39(13)14,40(15)16)32-24-22-30-43(37(9)10,38(11)12)28-20-18-26-41/h33-40H,1-16H3. The third kappa shape index (κ3) is 8.74. The molecular formula is C40H56Si4. The average molecular weight is 649 g/mol. The van der Waals surface area contributed by atoms with Gasteiger partial charge in [0.15, 0.2) is 0 Å². The molecule has 0 radical (unpaired) electrons. The predicted molar refractivity (Wildman–Crippen MR) is 206 cm³/mol. The quantitative estimate of drug-likeness (QED) is 0.182. The van der Waals surface area contributed by atoms with Crippen molar-refractivity contribution in [3.63, 3.8) is 0 Å². The summed E-state index contributed by atoms with van der Waals surface area (Å²) >= 11 is 0. The van der Waals surface area contributed by atoms with Crippen LogP contribution in [0.3, 0.4) is 0 Å². The molecule has 0 nitrogen and oxygen atoms in total. The molecule has 44 heavy (non-hydrogen) atoms. The van der Waals surface area contributed by atoms with Crippen LogP contribution in [0.5, 0.6) is 0 Å². The van der Waals surface area contributed by atoms with Gasteiger partial charge in [0.25, 0.3) is 0 Å². The van der Waals surface area contributed by atoms with Crippen molar-refractivity contribution in [1.82, 2.24) is 0 Å². The van der Waals surface area contributed by atoms with Crippen LogP contribution in [0.4, 0.5) is 0 Å². The van der Waals surface area contributed by atoms with Gasteiger partial charge in [0.1, 0.15) is 0 Å². The lowest BCUT2D eigenvalue weighted by Crippen LogP contribution is -2.40. The molecule has 0 saturated carbocycles. The lowest BCUT2D eigenvalue weighted by atomic mass is 10.5. The first-order valence-electron chi connectivity index (χ1n) is 16.5. The van der Waals surface area contributed by atoms with E-state index in [-0.39, 0.29) is 0 Å². The topological polar surface area (TPSA) is 0 Å². The van der Waals surface area contributed by atoms with Crippen LogP contribution in [0.15, 0.2) is 0 Å². The van der Waals surface area contributed by atoms with Crippen LogP contribution >= 0.6 is 0 Å². The van der Waals surface area contributed by atoms with E-state index in [1.807, 2.05) is 0 Å². The van der Waals surface area contributed by atoms with E-state index < -0.39 is 32.3 Å². The maximum atomic E-state index is 3.66. The molecule has 0 bridgehead atoms. The zero-order valence-electron chi connectivity index (χ0n) is 30.6. The van der Waals surface area contributed by atoms with Crippen LogP contribution in [0, 0.1) is 91.7 Å². The van der Waals surface area contributed by atoms with Gasteiger partial charge < -0.3 is 0 Å². The fourth-order valence-corrected chi connectivity index (χ4v) is 18.5. The second-order valence-electron chi connectivity index (χ2n) is 14.7. The normalized spacial score (nSPS) is 17.6. The first-order chi connectivity index (χ1) is 20.4. The molecule has 232 valence electrons. The molecule has 0 N–H and O–H groups in total. The molecule has 0 aliphatic carbocycles. The first-order valence-corrected chi connectivity index (χ1v) is 25.2. The largest absolute Gasteiger partial charge is 0.224 e. The average Bonchev–Trinajstić information content (AvgIpc) is 2.90. The van der Waals surface area contributed by atoms with Crippen LogP contribution in [0.1, 0.15) is 111 Å². The van der Waals surface area contributed by atoms with Crippen LogP contribution in [-0.4, -0.2) is 32.3 Å². The van der Waals surface area contributed by atoms with Crippen LogP contribution in [0.2, 0.25) is 44.3 Å². The molecule has 0 unspecified atom stereocenters. The lowest BCUT2D eigenvalue weighted by Gasteiger charge is -2.29. The van der Waals surface area contributed by atoms with Crippen LogP contribution < -0.4 is 0 Å². The molecule has 0 aromatic rings. The monoisotopic (exact) mass is 648 g/mol. The molecule has 0 amide bonds. The third-order valence-corrected chi connectivity index (χ3v) is 28.6. The molecule has 0 spiro atoms. The van der Waals surface area contributed by atoms with Crippen molar-refractivity contribution < 1.29 is 0 Å². The van der Waals surface area contributed by atoms with Gasteiger partial charge in [-0.1, -0.05) is 111 Å². The third-order valence-electron chi connectivity index (χ3n) is 9.69. The SMILES string of the molecule is CC(C)[Si]1(C(C)C)C#CC#C[Si](C(C)C)(C(C)C)C#CC#C[Si](C(C)C)(C(C)C)C#CC#C[Si](C(C)C)(C(C)C)C#CC#C1. The Morgan fingerprint density at radius 1 is 0.205 bits per heavy atom. The Hall–Kier alpha value is -2.65. The molecule has 0 fully saturated rings. The van der Waals surface area contributed by atoms with E-state index in [0.29, 0.717) is 44.3 Å². The van der Waals surface area contributed by atoms with E-state index in [2.05, 4.69) is 202 Å². The maximum Gasteiger partial charge on any atom is 0.224 e. The molecule has 0 atom stereocenters. The van der Waals surface area contributed by atoms with Crippen molar-refractivity contribution >= 4 is 32.3 Å². The fourth-order valence-electron chi connectivity index (χ4n) is 6.18. The zero-order chi connectivity index (χ0) is 33.9. The van der Waals surface area contributed by atoms with E-state index in [1.165, 1.54) is 0 Å². The Balaban J connectivity index is 4.34. The zero-order valence-corrected chi connectivity index (χ0v) is 34.6. The second-order valence-corrected chi connectivity index (χ2v) is 32.9. The number of hydrogen-bond acceptors (Lipinski definition) is 0. The Morgan fingerprint density at radius 3 is 0.364 bits per heavy atom. The van der Waals surface area contributed by atoms with Crippen molar-refractivity contribution in [2.24, 2.45) is 0 Å². The molecule has 0 aromatic heterocycles. The smallest absolute Gasteiger partial charge is 0.101 e. The summed E-state index contributed by atoms with van der Waals surface area (Å²) in [7, 11) is -9.38. The number of rotatable bonds is 8. The van der Waals surface area contributed by atoms with Crippen molar-refractivity contribution in [1.29, 1.82) is 0 Å². The molecular weight excluding hydrogens is 593 g/mol. The van der Waals surface area contributed by atoms with Gasteiger partial charge >= 0.3 is 0 Å². The van der Waals surface area contributed by atoms with Gasteiger partial charge in [-0.25, -0.2) is 0 Å². The van der Waals surface area contributed by atoms with E-state index in [4.69, 9.17) is 0 Å². The highest BCUT2D eigenvalue weighted by atomic mass is 28.3. The highest BCUT2D eigenvalue weighted by Crippen LogP contribution is 2.34. The highest BCUT2D eigenvalue weighted by molar-refractivity contribution is 6.98. The summed E-state index contributed by atoms with van der Waals surface area (Å²) in [6, 6.07) is 0. The lowest BCUT2D eigenvalue weighted by molar-refractivity contribution is 0.933. The molecule has 1 aliphatic heterocycles. The highest BCUT2D eigenvalue weighted by Gasteiger charge is 2.41. The Bertz CT molecular complexity index is 1180. The summed E-state index contributed by atoms with van der Waals surface area (Å²) in [6.45, 7) is 36.1. The summed E-state index contributed by atoms with van der Waals surface area (Å²) in [5.41, 5.74) is 32.2. The molecule has 1 aliphatic rings. The van der Waals surface area contributed by atoms with Gasteiger partial charge in [0, 0.05) is 0 Å².